The largest absolute Gasteiger partial charge is 0.398 e. The van der Waals surface area contributed by atoms with Crippen LogP contribution in [0.15, 0.2) is 12.1 Å². The van der Waals surface area contributed by atoms with E-state index in [1.54, 1.807) is 12.1 Å². The lowest BCUT2D eigenvalue weighted by atomic mass is 9.89. The highest BCUT2D eigenvalue weighted by atomic mass is 35.5. The van der Waals surface area contributed by atoms with Crippen molar-refractivity contribution < 1.29 is 9.57 Å². The number of ether oxygens (including phenoxy) is 1. The number of nitrogens with one attached hydrogen (secondary N) is 1. The Morgan fingerprint density at radius 2 is 2.15 bits per heavy atom. The van der Waals surface area contributed by atoms with Gasteiger partial charge in [0.05, 0.1) is 0 Å². The van der Waals surface area contributed by atoms with Gasteiger partial charge in [0.2, 0.25) is 0 Å². The molecular weight excluding hydrogens is 278 g/mol. The fraction of sp³-hybridized carbons (Fsp3) is 0.500. The molecule has 1 aliphatic rings. The summed E-state index contributed by atoms with van der Waals surface area (Å²) in [6.07, 6.45) is 3.68. The molecule has 5 nitrogen and oxygen atoms in total. The van der Waals surface area contributed by atoms with E-state index in [1.807, 2.05) is 0 Å². The van der Waals surface area contributed by atoms with Gasteiger partial charge in [0, 0.05) is 35.7 Å². The van der Waals surface area contributed by atoms with Crippen LogP contribution < -0.4 is 11.6 Å². The number of rotatable bonds is 5. The van der Waals surface area contributed by atoms with E-state index < -0.39 is 0 Å². The Balaban J connectivity index is 2.23. The van der Waals surface area contributed by atoms with Crippen molar-refractivity contribution in [3.8, 4) is 0 Å². The van der Waals surface area contributed by atoms with E-state index in [1.165, 1.54) is 6.21 Å². The van der Waals surface area contributed by atoms with Crippen molar-refractivity contribution in [2.75, 3.05) is 18.9 Å². The molecule has 5 N–H and O–H groups in total. The molecule has 1 atom stereocenters. The van der Waals surface area contributed by atoms with E-state index in [-0.39, 0.29) is 6.10 Å². The molecule has 1 fully saturated rings. The third-order valence-corrected chi connectivity index (χ3v) is 3.97. The van der Waals surface area contributed by atoms with Crippen LogP contribution in [-0.2, 0) is 9.57 Å². The lowest BCUT2D eigenvalue weighted by Crippen LogP contribution is -2.21. The standard InChI is InChI=1S/C14H20ClN3O2/c15-10-6-11(12(8-16)13(17)7-10)14(20-18)5-9-1-3-19-4-2-9/h6-9,14,16H,1-5,17-18H2. The molecule has 0 aliphatic carbocycles. The van der Waals surface area contributed by atoms with Crippen LogP contribution in [0.3, 0.4) is 0 Å². The summed E-state index contributed by atoms with van der Waals surface area (Å²) in [7, 11) is 0. The molecular formula is C14H20ClN3O2. The lowest BCUT2D eigenvalue weighted by Gasteiger charge is -2.26. The predicted molar refractivity (Wildman–Crippen MR) is 79.9 cm³/mol. The van der Waals surface area contributed by atoms with Crippen molar-refractivity contribution in [1.82, 2.24) is 0 Å². The Labute approximate surface area is 123 Å². The van der Waals surface area contributed by atoms with Gasteiger partial charge in [-0.05, 0) is 42.9 Å². The van der Waals surface area contributed by atoms with Crippen molar-refractivity contribution in [3.63, 3.8) is 0 Å². The van der Waals surface area contributed by atoms with E-state index in [4.69, 9.17) is 38.2 Å². The second-order valence-electron chi connectivity index (χ2n) is 5.06. The molecule has 0 amide bonds. The highest BCUT2D eigenvalue weighted by Crippen LogP contribution is 2.34. The zero-order valence-electron chi connectivity index (χ0n) is 11.3. The van der Waals surface area contributed by atoms with Gasteiger partial charge in [-0.2, -0.15) is 0 Å². The van der Waals surface area contributed by atoms with E-state index in [0.717, 1.165) is 38.0 Å². The normalized spacial score (nSPS) is 17.9. The SMILES string of the molecule is N=Cc1c(N)cc(Cl)cc1C(CC1CCOCC1)ON. The molecule has 1 aromatic carbocycles. The summed E-state index contributed by atoms with van der Waals surface area (Å²) in [6, 6.07) is 3.41. The minimum atomic E-state index is -0.310. The first-order valence-electron chi connectivity index (χ1n) is 6.68. The molecule has 0 spiro atoms. The third kappa shape index (κ3) is 3.49. The summed E-state index contributed by atoms with van der Waals surface area (Å²) in [5, 5.41) is 8.04. The molecule has 0 aromatic heterocycles. The van der Waals surface area contributed by atoms with Gasteiger partial charge in [-0.25, -0.2) is 5.90 Å². The Kier molecular flexibility index (Phi) is 5.37. The molecule has 6 heteroatoms. The molecule has 1 unspecified atom stereocenters. The van der Waals surface area contributed by atoms with E-state index in [2.05, 4.69) is 0 Å². The zero-order valence-corrected chi connectivity index (χ0v) is 12.0. The first-order chi connectivity index (χ1) is 9.65. The Morgan fingerprint density at radius 3 is 2.75 bits per heavy atom. The lowest BCUT2D eigenvalue weighted by molar-refractivity contribution is 0.00671. The van der Waals surface area contributed by atoms with E-state index in [0.29, 0.717) is 22.2 Å². The average Bonchev–Trinajstić information content (AvgIpc) is 2.45. The number of nitrogen functional groups attached to an aromatic ring is 1. The number of halogens is 1. The molecule has 1 aliphatic heterocycles. The maximum absolute atomic E-state index is 7.52. The first-order valence-corrected chi connectivity index (χ1v) is 7.06. The number of nitrogens with two attached hydrogens (primary N) is 2. The number of hydrogen-bond acceptors (Lipinski definition) is 5. The van der Waals surface area contributed by atoms with Crippen molar-refractivity contribution in [3.05, 3.63) is 28.3 Å². The molecule has 20 heavy (non-hydrogen) atoms. The van der Waals surface area contributed by atoms with Crippen LogP contribution in [0, 0.1) is 11.3 Å². The first kappa shape index (κ1) is 15.3. The van der Waals surface area contributed by atoms with Crippen LogP contribution in [-0.4, -0.2) is 19.4 Å². The molecule has 0 radical (unpaired) electrons. The van der Waals surface area contributed by atoms with Gasteiger partial charge in [-0.15, -0.1) is 0 Å². The topological polar surface area (TPSA) is 94.4 Å². The van der Waals surface area contributed by atoms with Gasteiger partial charge in [0.15, 0.2) is 0 Å². The zero-order chi connectivity index (χ0) is 14.5. The fourth-order valence-electron chi connectivity index (χ4n) is 2.63. The van der Waals surface area contributed by atoms with Crippen molar-refractivity contribution in [1.29, 1.82) is 5.41 Å². The van der Waals surface area contributed by atoms with Crippen LogP contribution in [0.2, 0.25) is 5.02 Å². The highest BCUT2D eigenvalue weighted by molar-refractivity contribution is 6.31. The van der Waals surface area contributed by atoms with Gasteiger partial charge >= 0.3 is 0 Å². The number of anilines is 1. The molecule has 1 saturated heterocycles. The number of hydrogen-bond donors (Lipinski definition) is 3. The summed E-state index contributed by atoms with van der Waals surface area (Å²) >= 11 is 6.05. The minimum absolute atomic E-state index is 0.310. The number of benzene rings is 1. The van der Waals surface area contributed by atoms with E-state index in [9.17, 15) is 0 Å². The third-order valence-electron chi connectivity index (χ3n) is 3.75. The van der Waals surface area contributed by atoms with Gasteiger partial charge in [-0.3, -0.25) is 4.84 Å². The van der Waals surface area contributed by atoms with Crippen LogP contribution in [0.25, 0.3) is 0 Å². The monoisotopic (exact) mass is 297 g/mol. The molecule has 1 heterocycles. The fourth-order valence-corrected chi connectivity index (χ4v) is 2.87. The maximum Gasteiger partial charge on any atom is 0.105 e. The van der Waals surface area contributed by atoms with Crippen LogP contribution in [0.5, 0.6) is 0 Å². The predicted octanol–water partition coefficient (Wildman–Crippen LogP) is 2.67. The Morgan fingerprint density at radius 1 is 1.45 bits per heavy atom. The van der Waals surface area contributed by atoms with Gasteiger partial charge < -0.3 is 15.9 Å². The minimum Gasteiger partial charge on any atom is -0.398 e. The molecule has 0 bridgehead atoms. The average molecular weight is 298 g/mol. The second kappa shape index (κ2) is 7.04. The Hall–Kier alpha value is -1.14. The van der Waals surface area contributed by atoms with Crippen LogP contribution >= 0.6 is 11.6 Å². The van der Waals surface area contributed by atoms with Crippen LogP contribution in [0.4, 0.5) is 5.69 Å². The smallest absolute Gasteiger partial charge is 0.105 e. The highest BCUT2D eigenvalue weighted by Gasteiger charge is 2.23. The second-order valence-corrected chi connectivity index (χ2v) is 5.49. The van der Waals surface area contributed by atoms with Crippen LogP contribution in [0.1, 0.15) is 36.5 Å². The summed E-state index contributed by atoms with van der Waals surface area (Å²) in [4.78, 5) is 5.13. The quantitative estimate of drug-likeness (QED) is 0.442. The maximum atomic E-state index is 7.52. The van der Waals surface area contributed by atoms with Gasteiger partial charge in [0.1, 0.15) is 6.10 Å². The summed E-state index contributed by atoms with van der Waals surface area (Å²) < 4.78 is 5.35. The molecule has 110 valence electrons. The van der Waals surface area contributed by atoms with Crippen molar-refractivity contribution in [2.45, 2.75) is 25.4 Å². The molecule has 0 saturated carbocycles. The Bertz CT molecular complexity index is 476. The van der Waals surface area contributed by atoms with Crippen molar-refractivity contribution >= 4 is 23.5 Å². The van der Waals surface area contributed by atoms with Crippen molar-refractivity contribution in [2.24, 2.45) is 11.8 Å². The van der Waals surface area contributed by atoms with Gasteiger partial charge in [-0.1, -0.05) is 11.6 Å². The molecule has 2 rings (SSSR count). The summed E-state index contributed by atoms with van der Waals surface area (Å²) in [5.74, 6) is 5.95. The van der Waals surface area contributed by atoms with Gasteiger partial charge in [0.25, 0.3) is 0 Å². The summed E-state index contributed by atoms with van der Waals surface area (Å²) in [5.41, 5.74) is 7.77. The van der Waals surface area contributed by atoms with E-state index >= 15 is 0 Å². The summed E-state index contributed by atoms with van der Waals surface area (Å²) in [6.45, 7) is 1.55. The molecule has 1 aromatic rings.